The fraction of sp³-hybridized carbons (Fsp3) is 0.423. The summed E-state index contributed by atoms with van der Waals surface area (Å²) in [5.41, 5.74) is 2.54. The first-order valence-electron chi connectivity index (χ1n) is 11.9. The Bertz CT molecular complexity index is 1220. The van der Waals surface area contributed by atoms with Crippen LogP contribution in [0.1, 0.15) is 37.9 Å². The quantitative estimate of drug-likeness (QED) is 0.536. The minimum absolute atomic E-state index is 0.0340. The molecule has 1 saturated heterocycles. The zero-order valence-electron chi connectivity index (χ0n) is 19.7. The normalized spacial score (nSPS) is 17.4. The molecule has 3 aromatic rings. The number of carbonyl (C=O) groups is 2. The molecule has 0 bridgehead atoms. The Morgan fingerprint density at radius 2 is 1.94 bits per heavy atom. The van der Waals surface area contributed by atoms with E-state index >= 15 is 0 Å². The molecule has 3 heterocycles. The Balaban J connectivity index is 1.42. The van der Waals surface area contributed by atoms with Gasteiger partial charge in [0.2, 0.25) is 11.8 Å². The van der Waals surface area contributed by atoms with Gasteiger partial charge in [-0.15, -0.1) is 0 Å². The monoisotopic (exact) mass is 462 g/mol. The number of rotatable bonds is 7. The van der Waals surface area contributed by atoms with Gasteiger partial charge in [0, 0.05) is 44.2 Å². The van der Waals surface area contributed by atoms with E-state index in [0.29, 0.717) is 37.7 Å². The van der Waals surface area contributed by atoms with Gasteiger partial charge >= 0.3 is 0 Å². The van der Waals surface area contributed by atoms with Crippen molar-refractivity contribution in [1.29, 1.82) is 0 Å². The molecule has 0 N–H and O–H groups in total. The first-order chi connectivity index (χ1) is 16.5. The van der Waals surface area contributed by atoms with Gasteiger partial charge in [0.25, 0.3) is 0 Å². The van der Waals surface area contributed by atoms with Crippen LogP contribution >= 0.6 is 0 Å². The van der Waals surface area contributed by atoms with Gasteiger partial charge in [-0.2, -0.15) is 0 Å². The number of para-hydroxylation sites is 2. The fourth-order valence-corrected chi connectivity index (χ4v) is 4.68. The number of carbonyl (C=O) groups excluding carboxylic acids is 2. The van der Waals surface area contributed by atoms with Crippen LogP contribution in [0.2, 0.25) is 0 Å². The van der Waals surface area contributed by atoms with Gasteiger partial charge in [-0.3, -0.25) is 9.59 Å². The Hall–Kier alpha value is -3.55. The highest BCUT2D eigenvalue weighted by Crippen LogP contribution is 2.38. The van der Waals surface area contributed by atoms with Crippen molar-refractivity contribution in [3.8, 4) is 11.5 Å². The zero-order valence-corrected chi connectivity index (χ0v) is 19.7. The molecule has 2 aliphatic heterocycles. The van der Waals surface area contributed by atoms with E-state index in [0.717, 1.165) is 41.9 Å². The molecule has 1 atom stereocenters. The summed E-state index contributed by atoms with van der Waals surface area (Å²) >= 11 is 0. The molecule has 5 rings (SSSR count). The number of fused-ring (bicyclic) bond motifs is 2. The second kappa shape index (κ2) is 9.37. The molecule has 1 fully saturated rings. The number of ether oxygens (including phenoxy) is 2. The van der Waals surface area contributed by atoms with Crippen molar-refractivity contribution < 1.29 is 19.1 Å². The largest absolute Gasteiger partial charge is 0.486 e. The van der Waals surface area contributed by atoms with E-state index in [1.807, 2.05) is 54.1 Å². The molecule has 0 aliphatic carbocycles. The van der Waals surface area contributed by atoms with Gasteiger partial charge in [0.05, 0.1) is 11.0 Å². The molecule has 0 saturated carbocycles. The minimum Gasteiger partial charge on any atom is -0.486 e. The number of aromatic nitrogens is 2. The average molecular weight is 463 g/mol. The SMILES string of the molecule is CCCCN(C)C(=O)Cn1c(C2CC(=O)N(c3ccc4c(c3)OCCO4)C2)nc2ccccc21. The molecular weight excluding hydrogens is 432 g/mol. The smallest absolute Gasteiger partial charge is 0.242 e. The second-order valence-electron chi connectivity index (χ2n) is 8.95. The van der Waals surface area contributed by atoms with Crippen LogP contribution in [0.15, 0.2) is 42.5 Å². The Kier molecular flexibility index (Phi) is 6.13. The molecule has 178 valence electrons. The highest BCUT2D eigenvalue weighted by molar-refractivity contribution is 5.97. The number of benzene rings is 2. The first kappa shape index (κ1) is 22.3. The van der Waals surface area contributed by atoms with Crippen LogP contribution in [0, 0.1) is 0 Å². The molecule has 34 heavy (non-hydrogen) atoms. The van der Waals surface area contributed by atoms with Crippen LogP contribution in [-0.4, -0.2) is 59.6 Å². The van der Waals surface area contributed by atoms with Crippen LogP contribution in [0.5, 0.6) is 11.5 Å². The average Bonchev–Trinajstić information content (AvgIpc) is 3.42. The molecule has 1 aromatic heterocycles. The third-order valence-corrected chi connectivity index (χ3v) is 6.58. The number of hydrogen-bond acceptors (Lipinski definition) is 5. The Morgan fingerprint density at radius 3 is 2.76 bits per heavy atom. The number of unbranched alkanes of at least 4 members (excludes halogenated alkanes) is 1. The van der Waals surface area contributed by atoms with E-state index in [2.05, 4.69) is 6.92 Å². The lowest BCUT2D eigenvalue weighted by molar-refractivity contribution is -0.130. The highest BCUT2D eigenvalue weighted by atomic mass is 16.6. The van der Waals surface area contributed by atoms with E-state index in [1.165, 1.54) is 0 Å². The lowest BCUT2D eigenvalue weighted by Crippen LogP contribution is -2.32. The molecule has 0 radical (unpaired) electrons. The van der Waals surface area contributed by atoms with Gasteiger partial charge in [0.1, 0.15) is 25.6 Å². The number of anilines is 1. The highest BCUT2D eigenvalue weighted by Gasteiger charge is 2.35. The summed E-state index contributed by atoms with van der Waals surface area (Å²) in [6, 6.07) is 13.4. The van der Waals surface area contributed by atoms with Gasteiger partial charge in [-0.05, 0) is 30.7 Å². The molecule has 2 aromatic carbocycles. The van der Waals surface area contributed by atoms with Crippen LogP contribution in [0.25, 0.3) is 11.0 Å². The maximum atomic E-state index is 13.0. The van der Waals surface area contributed by atoms with Gasteiger partial charge in [-0.25, -0.2) is 4.98 Å². The van der Waals surface area contributed by atoms with Crippen molar-refractivity contribution >= 4 is 28.5 Å². The van der Waals surface area contributed by atoms with E-state index in [9.17, 15) is 9.59 Å². The summed E-state index contributed by atoms with van der Waals surface area (Å²) in [6.07, 6.45) is 2.36. The molecule has 0 spiro atoms. The molecule has 2 aliphatic rings. The Labute approximate surface area is 199 Å². The van der Waals surface area contributed by atoms with Crippen LogP contribution < -0.4 is 14.4 Å². The maximum Gasteiger partial charge on any atom is 0.242 e. The number of likely N-dealkylation sites (N-methyl/N-ethyl adjacent to an activating group) is 1. The molecule has 2 amide bonds. The van der Waals surface area contributed by atoms with Crippen molar-refractivity contribution in [3.05, 3.63) is 48.3 Å². The van der Waals surface area contributed by atoms with Crippen molar-refractivity contribution in [3.63, 3.8) is 0 Å². The van der Waals surface area contributed by atoms with Crippen molar-refractivity contribution in [2.24, 2.45) is 0 Å². The number of nitrogens with zero attached hydrogens (tertiary/aromatic N) is 4. The van der Waals surface area contributed by atoms with Gasteiger partial charge < -0.3 is 23.8 Å². The predicted molar refractivity (Wildman–Crippen MR) is 129 cm³/mol. The van der Waals surface area contributed by atoms with E-state index in [1.54, 1.807) is 9.80 Å². The van der Waals surface area contributed by atoms with E-state index in [4.69, 9.17) is 14.5 Å². The third kappa shape index (κ3) is 4.20. The zero-order chi connectivity index (χ0) is 23.7. The minimum atomic E-state index is -0.109. The summed E-state index contributed by atoms with van der Waals surface area (Å²) in [5, 5.41) is 0. The maximum absolute atomic E-state index is 13.0. The summed E-state index contributed by atoms with van der Waals surface area (Å²) in [5.74, 6) is 2.12. The molecular formula is C26H30N4O4. The fourth-order valence-electron chi connectivity index (χ4n) is 4.68. The summed E-state index contributed by atoms with van der Waals surface area (Å²) < 4.78 is 13.3. The number of imidazole rings is 1. The summed E-state index contributed by atoms with van der Waals surface area (Å²) in [6.45, 7) is 4.59. The van der Waals surface area contributed by atoms with Crippen LogP contribution in [0.4, 0.5) is 5.69 Å². The Morgan fingerprint density at radius 1 is 1.15 bits per heavy atom. The lowest BCUT2D eigenvalue weighted by atomic mass is 10.1. The summed E-state index contributed by atoms with van der Waals surface area (Å²) in [7, 11) is 1.85. The van der Waals surface area contributed by atoms with Crippen molar-refractivity contribution in [2.75, 3.05) is 38.3 Å². The van der Waals surface area contributed by atoms with E-state index < -0.39 is 0 Å². The molecule has 8 heteroatoms. The number of amides is 2. The molecule has 8 nitrogen and oxygen atoms in total. The van der Waals surface area contributed by atoms with Crippen LogP contribution in [0.3, 0.4) is 0 Å². The molecule has 1 unspecified atom stereocenters. The standard InChI is InChI=1S/C26H30N4O4/c1-3-4-11-28(2)25(32)17-30-21-8-6-5-7-20(21)27-26(30)18-14-24(31)29(16-18)19-9-10-22-23(15-19)34-13-12-33-22/h5-10,15,18H,3-4,11-14,16-17H2,1-2H3. The van der Waals surface area contributed by atoms with Gasteiger partial charge in [0.15, 0.2) is 11.5 Å². The van der Waals surface area contributed by atoms with E-state index in [-0.39, 0.29) is 24.3 Å². The third-order valence-electron chi connectivity index (χ3n) is 6.58. The first-order valence-corrected chi connectivity index (χ1v) is 11.9. The topological polar surface area (TPSA) is 76.9 Å². The predicted octanol–water partition coefficient (Wildman–Crippen LogP) is 3.59. The second-order valence-corrected chi connectivity index (χ2v) is 8.95. The van der Waals surface area contributed by atoms with Crippen LogP contribution in [-0.2, 0) is 16.1 Å². The summed E-state index contributed by atoms with van der Waals surface area (Å²) in [4.78, 5) is 34.5. The number of hydrogen-bond donors (Lipinski definition) is 0. The lowest BCUT2D eigenvalue weighted by Gasteiger charge is -2.22. The van der Waals surface area contributed by atoms with Crippen molar-refractivity contribution in [2.45, 2.75) is 38.6 Å². The van der Waals surface area contributed by atoms with Crippen molar-refractivity contribution in [1.82, 2.24) is 14.5 Å². The van der Waals surface area contributed by atoms with Gasteiger partial charge in [-0.1, -0.05) is 25.5 Å².